The molecule has 140 valence electrons. The van der Waals surface area contributed by atoms with Crippen molar-refractivity contribution < 1.29 is 0 Å². The average Bonchev–Trinajstić information content (AvgIpc) is 3.11. The first-order valence-corrected chi connectivity index (χ1v) is 10.5. The van der Waals surface area contributed by atoms with Crippen LogP contribution in [0.15, 0.2) is 53.9 Å². The van der Waals surface area contributed by atoms with Crippen molar-refractivity contribution in [3.63, 3.8) is 0 Å². The van der Waals surface area contributed by atoms with Gasteiger partial charge in [0.05, 0.1) is 5.69 Å². The third-order valence-electron chi connectivity index (χ3n) is 5.39. The molecule has 0 amide bonds. The summed E-state index contributed by atoms with van der Waals surface area (Å²) in [6.07, 6.45) is 0. The first-order valence-electron chi connectivity index (χ1n) is 9.66. The molecule has 1 atom stereocenters. The summed E-state index contributed by atoms with van der Waals surface area (Å²) in [5, 5.41) is 3.35. The van der Waals surface area contributed by atoms with E-state index in [1.54, 1.807) is 11.3 Å². The highest BCUT2D eigenvalue weighted by Crippen LogP contribution is 2.28. The van der Waals surface area contributed by atoms with E-state index in [2.05, 4.69) is 84.5 Å². The average molecular weight is 378 g/mol. The van der Waals surface area contributed by atoms with Crippen LogP contribution < -0.4 is 4.90 Å². The number of benzene rings is 2. The van der Waals surface area contributed by atoms with E-state index in [0.29, 0.717) is 6.04 Å². The highest BCUT2D eigenvalue weighted by Gasteiger charge is 2.24. The highest BCUT2D eigenvalue weighted by molar-refractivity contribution is 7.13. The molecular formula is C23H27N3S. The van der Waals surface area contributed by atoms with Crippen molar-refractivity contribution in [3.8, 4) is 10.6 Å². The van der Waals surface area contributed by atoms with Gasteiger partial charge in [0.15, 0.2) is 0 Å². The Morgan fingerprint density at radius 3 is 2.56 bits per heavy atom. The second-order valence-electron chi connectivity index (χ2n) is 7.57. The molecule has 1 saturated heterocycles. The van der Waals surface area contributed by atoms with Gasteiger partial charge in [-0.15, -0.1) is 11.3 Å². The summed E-state index contributed by atoms with van der Waals surface area (Å²) >= 11 is 1.76. The van der Waals surface area contributed by atoms with Crippen LogP contribution in [0.2, 0.25) is 0 Å². The minimum Gasteiger partial charge on any atom is -0.366 e. The Morgan fingerprint density at radius 2 is 1.81 bits per heavy atom. The van der Waals surface area contributed by atoms with Crippen LogP contribution in [0.25, 0.3) is 10.6 Å². The van der Waals surface area contributed by atoms with E-state index in [1.807, 2.05) is 0 Å². The fraction of sp³-hybridized carbons (Fsp3) is 0.348. The standard InChI is InChI=1S/C23H27N3S/c1-17-8-10-21(11-9-17)26-13-12-25(14-19(26)3)15-20-16-27-23(24-20)22-7-5-4-6-18(22)2/h4-11,16,19H,12-15H2,1-3H3. The van der Waals surface area contributed by atoms with Crippen molar-refractivity contribution in [1.82, 2.24) is 9.88 Å². The summed E-state index contributed by atoms with van der Waals surface area (Å²) in [6.45, 7) is 10.8. The van der Waals surface area contributed by atoms with Crippen LogP contribution >= 0.6 is 11.3 Å². The maximum atomic E-state index is 4.91. The van der Waals surface area contributed by atoms with Crippen LogP contribution in [0.5, 0.6) is 0 Å². The number of hydrogen-bond acceptors (Lipinski definition) is 4. The monoisotopic (exact) mass is 377 g/mol. The van der Waals surface area contributed by atoms with Gasteiger partial charge in [0.2, 0.25) is 0 Å². The topological polar surface area (TPSA) is 19.4 Å². The van der Waals surface area contributed by atoms with Gasteiger partial charge in [0.25, 0.3) is 0 Å². The van der Waals surface area contributed by atoms with Crippen molar-refractivity contribution in [1.29, 1.82) is 0 Å². The predicted octanol–water partition coefficient (Wildman–Crippen LogP) is 5.14. The van der Waals surface area contributed by atoms with E-state index in [0.717, 1.165) is 31.2 Å². The quantitative estimate of drug-likeness (QED) is 0.628. The van der Waals surface area contributed by atoms with Crippen LogP contribution in [0.3, 0.4) is 0 Å². The van der Waals surface area contributed by atoms with Crippen LogP contribution in [-0.4, -0.2) is 35.6 Å². The van der Waals surface area contributed by atoms with Crippen molar-refractivity contribution in [2.75, 3.05) is 24.5 Å². The van der Waals surface area contributed by atoms with Crippen molar-refractivity contribution >= 4 is 17.0 Å². The lowest BCUT2D eigenvalue weighted by Gasteiger charge is -2.41. The molecule has 4 rings (SSSR count). The first kappa shape index (κ1) is 18.2. The fourth-order valence-electron chi connectivity index (χ4n) is 3.84. The fourth-order valence-corrected chi connectivity index (χ4v) is 4.74. The van der Waals surface area contributed by atoms with Crippen molar-refractivity contribution in [3.05, 3.63) is 70.7 Å². The van der Waals surface area contributed by atoms with E-state index in [-0.39, 0.29) is 0 Å². The van der Waals surface area contributed by atoms with Gasteiger partial charge in [0.1, 0.15) is 5.01 Å². The summed E-state index contributed by atoms with van der Waals surface area (Å²) in [4.78, 5) is 9.97. The van der Waals surface area contributed by atoms with Crippen molar-refractivity contribution in [2.45, 2.75) is 33.4 Å². The number of aryl methyl sites for hydroxylation is 2. The number of thiazole rings is 1. The predicted molar refractivity (Wildman–Crippen MR) is 116 cm³/mol. The van der Waals surface area contributed by atoms with E-state index in [9.17, 15) is 0 Å². The Bertz CT molecular complexity index is 900. The Balaban J connectivity index is 1.40. The number of rotatable bonds is 4. The summed E-state index contributed by atoms with van der Waals surface area (Å²) in [6, 6.07) is 17.9. The van der Waals surface area contributed by atoms with Gasteiger partial charge in [-0.1, -0.05) is 42.0 Å². The molecule has 0 saturated carbocycles. The van der Waals surface area contributed by atoms with E-state index in [4.69, 9.17) is 4.98 Å². The third kappa shape index (κ3) is 4.07. The Hall–Kier alpha value is -2.17. The first-order chi connectivity index (χ1) is 13.1. The van der Waals surface area contributed by atoms with Gasteiger partial charge in [-0.05, 0) is 38.5 Å². The molecule has 0 spiro atoms. The van der Waals surface area contributed by atoms with Gasteiger partial charge in [-0.3, -0.25) is 4.90 Å². The molecule has 1 fully saturated rings. The third-order valence-corrected chi connectivity index (χ3v) is 6.31. The van der Waals surface area contributed by atoms with Gasteiger partial charge >= 0.3 is 0 Å². The molecule has 2 aromatic carbocycles. The van der Waals surface area contributed by atoms with Gasteiger partial charge in [-0.25, -0.2) is 4.98 Å². The number of hydrogen-bond donors (Lipinski definition) is 0. The number of piperazine rings is 1. The summed E-state index contributed by atoms with van der Waals surface area (Å²) < 4.78 is 0. The zero-order valence-corrected chi connectivity index (χ0v) is 17.2. The van der Waals surface area contributed by atoms with E-state index >= 15 is 0 Å². The van der Waals surface area contributed by atoms with E-state index in [1.165, 1.54) is 28.1 Å². The lowest BCUT2D eigenvalue weighted by Crippen LogP contribution is -2.51. The highest BCUT2D eigenvalue weighted by atomic mass is 32.1. The Labute approximate surface area is 166 Å². The summed E-state index contributed by atoms with van der Waals surface area (Å²) in [7, 11) is 0. The van der Waals surface area contributed by atoms with E-state index < -0.39 is 0 Å². The number of anilines is 1. The zero-order valence-electron chi connectivity index (χ0n) is 16.4. The number of nitrogens with zero attached hydrogens (tertiary/aromatic N) is 3. The van der Waals surface area contributed by atoms with Crippen LogP contribution in [0.4, 0.5) is 5.69 Å². The molecule has 3 aromatic rings. The van der Waals surface area contributed by atoms with Crippen molar-refractivity contribution in [2.24, 2.45) is 0 Å². The molecule has 1 aliphatic heterocycles. The molecule has 4 heteroatoms. The molecule has 2 heterocycles. The second kappa shape index (κ2) is 7.83. The van der Waals surface area contributed by atoms with Gasteiger partial charge in [-0.2, -0.15) is 0 Å². The van der Waals surface area contributed by atoms with Crippen LogP contribution in [-0.2, 0) is 6.54 Å². The molecule has 3 nitrogen and oxygen atoms in total. The number of aromatic nitrogens is 1. The molecule has 0 bridgehead atoms. The second-order valence-corrected chi connectivity index (χ2v) is 8.43. The minimum atomic E-state index is 0.510. The lowest BCUT2D eigenvalue weighted by molar-refractivity contribution is 0.219. The van der Waals surface area contributed by atoms with Crippen LogP contribution in [0, 0.1) is 13.8 Å². The molecule has 0 N–H and O–H groups in total. The Kier molecular flexibility index (Phi) is 5.28. The normalized spacial score (nSPS) is 18.0. The maximum Gasteiger partial charge on any atom is 0.123 e. The smallest absolute Gasteiger partial charge is 0.123 e. The molecule has 27 heavy (non-hydrogen) atoms. The summed E-state index contributed by atoms with van der Waals surface area (Å²) in [5.41, 5.74) is 6.39. The largest absolute Gasteiger partial charge is 0.366 e. The van der Waals surface area contributed by atoms with Gasteiger partial charge < -0.3 is 4.90 Å². The molecular weight excluding hydrogens is 350 g/mol. The maximum absolute atomic E-state index is 4.91. The zero-order chi connectivity index (χ0) is 18.8. The van der Waals surface area contributed by atoms with Gasteiger partial charge in [0, 0.05) is 48.9 Å². The molecule has 1 unspecified atom stereocenters. The summed E-state index contributed by atoms with van der Waals surface area (Å²) in [5.74, 6) is 0. The lowest BCUT2D eigenvalue weighted by atomic mass is 10.1. The SMILES string of the molecule is Cc1ccc(N2CCN(Cc3csc(-c4ccccc4C)n3)CC2C)cc1. The molecule has 1 aliphatic rings. The molecule has 0 aliphatic carbocycles. The Morgan fingerprint density at radius 1 is 1.04 bits per heavy atom. The molecule has 1 aromatic heterocycles. The minimum absolute atomic E-state index is 0.510. The van der Waals surface area contributed by atoms with Crippen LogP contribution in [0.1, 0.15) is 23.7 Å². The molecule has 0 radical (unpaired) electrons.